The fourth-order valence-electron chi connectivity index (χ4n) is 5.91. The number of rotatable bonds is 8. The lowest BCUT2D eigenvalue weighted by atomic mass is 9.72. The molecular weight excluding hydrogens is 550 g/mol. The lowest BCUT2D eigenvalue weighted by Crippen LogP contribution is -2.36. The van der Waals surface area contributed by atoms with Crippen LogP contribution in [0.25, 0.3) is 11.3 Å². The average molecular weight is 598 g/mol. The first kappa shape index (κ1) is 31.5. The number of likely N-dealkylation sites (tertiary alicyclic amines) is 1. The number of ether oxygens (including phenoxy) is 1. The SMILES string of the molecule is CC(=N)c1c(-c2ccc(Nc3ccccc3)cc2)nn(C2CCN(C(=O)/C=C/CN3CCOCC3)C2)c1N.CC1(C)CCC1. The van der Waals surface area contributed by atoms with Gasteiger partial charge in [0, 0.05) is 61.4 Å². The van der Waals surface area contributed by atoms with Gasteiger partial charge in [-0.1, -0.05) is 56.7 Å². The molecule has 1 amide bonds. The summed E-state index contributed by atoms with van der Waals surface area (Å²) in [6.07, 6.45) is 8.75. The van der Waals surface area contributed by atoms with Crippen LogP contribution in [0.15, 0.2) is 66.7 Å². The van der Waals surface area contributed by atoms with Crippen molar-refractivity contribution in [1.82, 2.24) is 19.6 Å². The van der Waals surface area contributed by atoms with Gasteiger partial charge in [-0.2, -0.15) is 5.10 Å². The summed E-state index contributed by atoms with van der Waals surface area (Å²) < 4.78 is 7.19. The minimum Gasteiger partial charge on any atom is -0.383 e. The number of hydrogen-bond donors (Lipinski definition) is 3. The minimum atomic E-state index is -0.0301. The molecule has 1 aromatic heterocycles. The van der Waals surface area contributed by atoms with Crippen LogP contribution in [0.5, 0.6) is 0 Å². The topological polar surface area (TPSA) is 112 Å². The van der Waals surface area contributed by atoms with Crippen LogP contribution in [0.4, 0.5) is 17.2 Å². The number of nitrogens with two attached hydrogens (primary N) is 1. The third-order valence-electron chi connectivity index (χ3n) is 8.80. The average Bonchev–Trinajstić information content (AvgIpc) is 3.63. The van der Waals surface area contributed by atoms with Crippen molar-refractivity contribution in [3.05, 3.63) is 72.3 Å². The lowest BCUT2D eigenvalue weighted by Gasteiger charge is -2.33. The maximum Gasteiger partial charge on any atom is 0.246 e. The molecule has 6 rings (SSSR count). The summed E-state index contributed by atoms with van der Waals surface area (Å²) in [6.45, 7) is 11.6. The number of nitrogens with one attached hydrogen (secondary N) is 2. The van der Waals surface area contributed by atoms with Gasteiger partial charge < -0.3 is 26.1 Å². The lowest BCUT2D eigenvalue weighted by molar-refractivity contribution is -0.125. The van der Waals surface area contributed by atoms with E-state index in [1.807, 2.05) is 70.3 Å². The highest BCUT2D eigenvalue weighted by Crippen LogP contribution is 2.39. The summed E-state index contributed by atoms with van der Waals surface area (Å²) in [4.78, 5) is 16.9. The Morgan fingerprint density at radius 2 is 1.73 bits per heavy atom. The number of amides is 1. The highest BCUT2D eigenvalue weighted by atomic mass is 16.5. The Kier molecular flexibility index (Phi) is 10.2. The molecule has 1 atom stereocenters. The molecule has 44 heavy (non-hydrogen) atoms. The van der Waals surface area contributed by atoms with Crippen LogP contribution in [0, 0.1) is 10.8 Å². The van der Waals surface area contributed by atoms with Crippen molar-refractivity contribution in [3.8, 4) is 11.3 Å². The second-order valence-corrected chi connectivity index (χ2v) is 12.8. The van der Waals surface area contributed by atoms with Gasteiger partial charge in [-0.3, -0.25) is 9.69 Å². The second-order valence-electron chi connectivity index (χ2n) is 12.8. The van der Waals surface area contributed by atoms with Crippen LogP contribution < -0.4 is 11.1 Å². The van der Waals surface area contributed by atoms with E-state index in [1.54, 1.807) is 13.0 Å². The molecule has 0 spiro atoms. The third kappa shape index (κ3) is 7.95. The fourth-order valence-corrected chi connectivity index (χ4v) is 5.91. The molecule has 4 N–H and O–H groups in total. The minimum absolute atomic E-state index is 0.0108. The van der Waals surface area contributed by atoms with Crippen LogP contribution in [0.2, 0.25) is 0 Å². The van der Waals surface area contributed by atoms with E-state index in [4.69, 9.17) is 21.0 Å². The van der Waals surface area contributed by atoms with Crippen molar-refractivity contribution >= 4 is 28.8 Å². The van der Waals surface area contributed by atoms with E-state index < -0.39 is 0 Å². The molecular formula is C35H47N7O2. The van der Waals surface area contributed by atoms with Crippen LogP contribution in [-0.2, 0) is 9.53 Å². The maximum atomic E-state index is 12.8. The fraction of sp³-hybridized carbons (Fsp3) is 0.457. The molecule has 3 heterocycles. The number of carbonyl (C=O) groups is 1. The van der Waals surface area contributed by atoms with E-state index in [0.717, 1.165) is 61.6 Å². The molecule has 1 unspecified atom stereocenters. The summed E-state index contributed by atoms with van der Waals surface area (Å²) in [5.74, 6) is 0.484. The second kappa shape index (κ2) is 14.2. The van der Waals surface area contributed by atoms with E-state index in [9.17, 15) is 4.79 Å². The van der Waals surface area contributed by atoms with Gasteiger partial charge in [-0.15, -0.1) is 0 Å². The normalized spacial score (nSPS) is 19.7. The Morgan fingerprint density at radius 3 is 2.34 bits per heavy atom. The van der Waals surface area contributed by atoms with E-state index in [1.165, 1.54) is 19.3 Å². The number of benzene rings is 2. The number of nitrogens with zero attached hydrogens (tertiary/aromatic N) is 4. The zero-order chi connectivity index (χ0) is 31.1. The van der Waals surface area contributed by atoms with E-state index in [2.05, 4.69) is 24.1 Å². The van der Waals surface area contributed by atoms with Gasteiger partial charge in [-0.05, 0) is 55.9 Å². The van der Waals surface area contributed by atoms with Crippen molar-refractivity contribution in [3.63, 3.8) is 0 Å². The predicted molar refractivity (Wildman–Crippen MR) is 179 cm³/mol. The van der Waals surface area contributed by atoms with Crippen LogP contribution >= 0.6 is 0 Å². The summed E-state index contributed by atoms with van der Waals surface area (Å²) >= 11 is 0. The first-order valence-corrected chi connectivity index (χ1v) is 15.8. The smallest absolute Gasteiger partial charge is 0.246 e. The van der Waals surface area contributed by atoms with E-state index >= 15 is 0 Å². The predicted octanol–water partition coefficient (Wildman–Crippen LogP) is 6.12. The number of morpholine rings is 1. The van der Waals surface area contributed by atoms with Gasteiger partial charge in [0.15, 0.2) is 0 Å². The number of para-hydroxylation sites is 1. The van der Waals surface area contributed by atoms with Gasteiger partial charge in [-0.25, -0.2) is 4.68 Å². The van der Waals surface area contributed by atoms with Crippen LogP contribution in [0.1, 0.15) is 58.1 Å². The number of nitrogen functional groups attached to an aromatic ring is 1. The van der Waals surface area contributed by atoms with Crippen LogP contribution in [0.3, 0.4) is 0 Å². The highest BCUT2D eigenvalue weighted by Gasteiger charge is 2.31. The molecule has 3 aliphatic rings. The summed E-state index contributed by atoms with van der Waals surface area (Å²) in [6, 6.07) is 18.0. The number of hydrogen-bond acceptors (Lipinski definition) is 7. The molecule has 2 saturated heterocycles. The third-order valence-corrected chi connectivity index (χ3v) is 8.80. The molecule has 3 aromatic rings. The van der Waals surface area contributed by atoms with Gasteiger partial charge in [0.25, 0.3) is 0 Å². The number of aromatic nitrogens is 2. The molecule has 9 heteroatoms. The van der Waals surface area contributed by atoms with Gasteiger partial charge in [0.2, 0.25) is 5.91 Å². The number of carbonyl (C=O) groups excluding carboxylic acids is 1. The number of anilines is 3. The molecule has 2 aromatic carbocycles. The van der Waals surface area contributed by atoms with Crippen molar-refractivity contribution < 1.29 is 9.53 Å². The van der Waals surface area contributed by atoms with Crippen molar-refractivity contribution in [1.29, 1.82) is 5.41 Å². The van der Waals surface area contributed by atoms with Gasteiger partial charge >= 0.3 is 0 Å². The van der Waals surface area contributed by atoms with E-state index in [0.29, 0.717) is 35.9 Å². The molecule has 1 saturated carbocycles. The Hall–Kier alpha value is -3.95. The maximum absolute atomic E-state index is 12.8. The Morgan fingerprint density at radius 1 is 1.07 bits per heavy atom. The summed E-state index contributed by atoms with van der Waals surface area (Å²) in [7, 11) is 0. The van der Waals surface area contributed by atoms with Gasteiger partial charge in [0.1, 0.15) is 11.5 Å². The van der Waals surface area contributed by atoms with Crippen molar-refractivity contribution in [2.45, 2.75) is 52.5 Å². The molecule has 1 aliphatic carbocycles. The Balaban J connectivity index is 0.000000573. The van der Waals surface area contributed by atoms with Gasteiger partial charge in [0.05, 0.1) is 24.8 Å². The largest absolute Gasteiger partial charge is 0.383 e. The molecule has 3 fully saturated rings. The highest BCUT2D eigenvalue weighted by molar-refractivity contribution is 6.05. The monoisotopic (exact) mass is 597 g/mol. The van der Waals surface area contributed by atoms with E-state index in [-0.39, 0.29) is 11.9 Å². The first-order chi connectivity index (χ1) is 21.2. The zero-order valence-corrected chi connectivity index (χ0v) is 26.4. The molecule has 234 valence electrons. The molecule has 0 bridgehead atoms. The molecule has 2 aliphatic heterocycles. The first-order valence-electron chi connectivity index (χ1n) is 15.8. The zero-order valence-electron chi connectivity index (χ0n) is 26.4. The standard InChI is InChI=1S/C29H35N7O2.C6H12/c1-21(30)27-28(22-9-11-24(12-10-22)32-23-6-3-2-4-7-23)33-36(29(27)31)25-13-15-35(20-25)26(37)8-5-14-34-16-18-38-19-17-34;1-6(2)4-3-5-6/h2-12,25,30,32H,13-20,31H2,1H3;3-5H2,1-2H3/b8-5+,30-21?;. The molecule has 0 radical (unpaired) electrons. The van der Waals surface area contributed by atoms with Crippen molar-refractivity contribution in [2.24, 2.45) is 5.41 Å². The summed E-state index contributed by atoms with van der Waals surface area (Å²) in [5, 5.41) is 16.6. The Bertz CT molecular complexity index is 1430. The molecule has 9 nitrogen and oxygen atoms in total. The Labute approximate surface area is 261 Å². The van der Waals surface area contributed by atoms with Crippen LogP contribution in [-0.4, -0.2) is 77.1 Å². The van der Waals surface area contributed by atoms with Crippen molar-refractivity contribution in [2.75, 3.05) is 57.0 Å². The quantitative estimate of drug-likeness (QED) is 0.213. The summed E-state index contributed by atoms with van der Waals surface area (Å²) in [5.41, 5.74) is 11.9.